The predicted octanol–water partition coefficient (Wildman–Crippen LogP) is 3.85. The maximum Gasteiger partial charge on any atom is 0.165 e. The molecule has 0 aliphatic carbocycles. The maximum atomic E-state index is 4.91. The number of rotatable bonds is 5. The first-order valence-corrected chi connectivity index (χ1v) is 11.6. The highest BCUT2D eigenvalue weighted by atomic mass is 15.2. The molecule has 0 spiro atoms. The molecule has 9 nitrogen and oxygen atoms in total. The Hall–Kier alpha value is -4.14. The van der Waals surface area contributed by atoms with Crippen LogP contribution in [0.5, 0.6) is 0 Å². The Balaban J connectivity index is 1.30. The highest BCUT2D eigenvalue weighted by Crippen LogP contribution is 2.30. The Labute approximate surface area is 197 Å². The SMILES string of the molecule is CCn1c(-c2cnc(C)nc2)nc2c(NC3CCN(c4nccc5ccccc45)C3)ncnc21. The minimum atomic E-state index is 0.233. The van der Waals surface area contributed by atoms with Crippen molar-refractivity contribution in [2.75, 3.05) is 23.3 Å². The number of aryl methyl sites for hydroxylation is 2. The van der Waals surface area contributed by atoms with Crippen molar-refractivity contribution in [3.8, 4) is 11.4 Å². The van der Waals surface area contributed by atoms with Crippen molar-refractivity contribution in [1.29, 1.82) is 0 Å². The van der Waals surface area contributed by atoms with Crippen molar-refractivity contribution >= 4 is 33.6 Å². The summed E-state index contributed by atoms with van der Waals surface area (Å²) in [6.07, 6.45) is 8.10. The third-order valence-corrected chi connectivity index (χ3v) is 6.37. The topological polar surface area (TPSA) is 97.5 Å². The Morgan fingerprint density at radius 1 is 1.03 bits per heavy atom. The predicted molar refractivity (Wildman–Crippen MR) is 133 cm³/mol. The first kappa shape index (κ1) is 20.5. The standard InChI is InChI=1S/C25H25N9/c1-3-34-23(18-12-27-16(2)28-13-18)32-21-22(29-15-30-25(21)34)31-19-9-11-33(14-19)24-20-7-5-4-6-17(20)8-10-26-24/h4-8,10,12-13,15,19H,3,9,11,14H2,1-2H3,(H,29,30,31). The van der Waals surface area contributed by atoms with Gasteiger partial charge >= 0.3 is 0 Å². The molecule has 1 N–H and O–H groups in total. The number of hydrogen-bond donors (Lipinski definition) is 1. The highest BCUT2D eigenvalue weighted by molar-refractivity contribution is 5.92. The highest BCUT2D eigenvalue weighted by Gasteiger charge is 2.26. The summed E-state index contributed by atoms with van der Waals surface area (Å²) in [6.45, 7) is 6.47. The summed E-state index contributed by atoms with van der Waals surface area (Å²) < 4.78 is 2.08. The average molecular weight is 452 g/mol. The maximum absolute atomic E-state index is 4.91. The van der Waals surface area contributed by atoms with Gasteiger partial charge in [0.15, 0.2) is 17.0 Å². The zero-order valence-electron chi connectivity index (χ0n) is 19.2. The minimum Gasteiger partial charge on any atom is -0.364 e. The van der Waals surface area contributed by atoms with Crippen LogP contribution in [0.4, 0.5) is 11.6 Å². The molecule has 5 heterocycles. The fraction of sp³-hybridized carbons (Fsp3) is 0.280. The molecule has 4 aromatic heterocycles. The summed E-state index contributed by atoms with van der Waals surface area (Å²) in [5.41, 5.74) is 2.44. The first-order chi connectivity index (χ1) is 16.7. The molecule has 1 saturated heterocycles. The summed E-state index contributed by atoms with van der Waals surface area (Å²) in [5, 5.41) is 6.02. The van der Waals surface area contributed by atoms with Gasteiger partial charge in [-0.3, -0.25) is 0 Å². The number of benzene rings is 1. The summed E-state index contributed by atoms with van der Waals surface area (Å²) in [6, 6.07) is 10.7. The molecule has 0 bridgehead atoms. The third kappa shape index (κ3) is 3.49. The molecule has 1 fully saturated rings. The average Bonchev–Trinajstić information content (AvgIpc) is 3.49. The molecule has 0 radical (unpaired) electrons. The summed E-state index contributed by atoms with van der Waals surface area (Å²) >= 11 is 0. The van der Waals surface area contributed by atoms with Gasteiger partial charge in [0.1, 0.15) is 23.8 Å². The van der Waals surface area contributed by atoms with Crippen LogP contribution in [-0.2, 0) is 6.54 Å². The van der Waals surface area contributed by atoms with Crippen LogP contribution in [0.1, 0.15) is 19.2 Å². The van der Waals surface area contributed by atoms with Crippen LogP contribution in [0.3, 0.4) is 0 Å². The van der Waals surface area contributed by atoms with Crippen LogP contribution in [-0.4, -0.2) is 53.6 Å². The van der Waals surface area contributed by atoms with Gasteiger partial charge in [-0.15, -0.1) is 0 Å². The molecule has 1 aromatic carbocycles. The van der Waals surface area contributed by atoms with E-state index in [0.717, 1.165) is 66.1 Å². The number of hydrogen-bond acceptors (Lipinski definition) is 8. The van der Waals surface area contributed by atoms with Crippen LogP contribution in [0.15, 0.2) is 55.2 Å². The quantitative estimate of drug-likeness (QED) is 0.430. The van der Waals surface area contributed by atoms with Crippen molar-refractivity contribution in [2.24, 2.45) is 0 Å². The van der Waals surface area contributed by atoms with Gasteiger partial charge in [-0.25, -0.2) is 29.9 Å². The second-order valence-corrected chi connectivity index (χ2v) is 8.52. The van der Waals surface area contributed by atoms with Gasteiger partial charge in [0, 0.05) is 49.7 Å². The molecule has 1 aliphatic rings. The van der Waals surface area contributed by atoms with Crippen LogP contribution < -0.4 is 10.2 Å². The molecule has 0 amide bonds. The number of aromatic nitrogens is 7. The van der Waals surface area contributed by atoms with E-state index in [2.05, 4.69) is 72.0 Å². The lowest BCUT2D eigenvalue weighted by molar-refractivity contribution is 0.783. The van der Waals surface area contributed by atoms with Crippen molar-refractivity contribution < 1.29 is 0 Å². The van der Waals surface area contributed by atoms with Gasteiger partial charge in [0.25, 0.3) is 0 Å². The van der Waals surface area contributed by atoms with Gasteiger partial charge in [0.05, 0.1) is 5.56 Å². The molecular formula is C25H25N9. The van der Waals surface area contributed by atoms with E-state index in [1.54, 1.807) is 6.33 Å². The Morgan fingerprint density at radius 3 is 2.74 bits per heavy atom. The number of nitrogens with zero attached hydrogens (tertiary/aromatic N) is 8. The third-order valence-electron chi connectivity index (χ3n) is 6.37. The van der Waals surface area contributed by atoms with Crippen LogP contribution in [0.25, 0.3) is 33.3 Å². The van der Waals surface area contributed by atoms with Crippen molar-refractivity contribution in [3.63, 3.8) is 0 Å². The number of fused-ring (bicyclic) bond motifs is 2. The van der Waals surface area contributed by atoms with Crippen LogP contribution >= 0.6 is 0 Å². The Morgan fingerprint density at radius 2 is 1.88 bits per heavy atom. The van der Waals surface area contributed by atoms with E-state index in [1.165, 1.54) is 10.8 Å². The zero-order valence-corrected chi connectivity index (χ0v) is 19.2. The first-order valence-electron chi connectivity index (χ1n) is 11.6. The molecule has 0 saturated carbocycles. The van der Waals surface area contributed by atoms with Gasteiger partial charge in [-0.2, -0.15) is 0 Å². The van der Waals surface area contributed by atoms with Crippen molar-refractivity contribution in [2.45, 2.75) is 32.9 Å². The molecule has 1 atom stereocenters. The van der Waals surface area contributed by atoms with E-state index in [-0.39, 0.29) is 6.04 Å². The smallest absolute Gasteiger partial charge is 0.165 e. The van der Waals surface area contributed by atoms with Gasteiger partial charge < -0.3 is 14.8 Å². The molecule has 6 rings (SSSR count). The Kier molecular flexibility index (Phi) is 5.01. The van der Waals surface area contributed by atoms with Gasteiger partial charge in [0.2, 0.25) is 0 Å². The molecule has 170 valence electrons. The van der Waals surface area contributed by atoms with Crippen molar-refractivity contribution in [1.82, 2.24) is 34.5 Å². The van der Waals surface area contributed by atoms with E-state index in [0.29, 0.717) is 0 Å². The van der Waals surface area contributed by atoms with Crippen LogP contribution in [0, 0.1) is 6.92 Å². The molecule has 34 heavy (non-hydrogen) atoms. The fourth-order valence-corrected chi connectivity index (χ4v) is 4.69. The summed E-state index contributed by atoms with van der Waals surface area (Å²) in [5.74, 6) is 3.32. The molecule has 9 heteroatoms. The van der Waals surface area contributed by atoms with E-state index >= 15 is 0 Å². The van der Waals surface area contributed by atoms with E-state index < -0.39 is 0 Å². The zero-order chi connectivity index (χ0) is 23.1. The van der Waals surface area contributed by atoms with Crippen LogP contribution in [0.2, 0.25) is 0 Å². The number of nitrogens with one attached hydrogen (secondary N) is 1. The van der Waals surface area contributed by atoms with E-state index in [1.807, 2.05) is 25.5 Å². The lowest BCUT2D eigenvalue weighted by atomic mass is 10.1. The Bertz CT molecular complexity index is 1470. The normalized spacial score (nSPS) is 15.9. The van der Waals surface area contributed by atoms with Gasteiger partial charge in [-0.05, 0) is 31.7 Å². The lowest BCUT2D eigenvalue weighted by Crippen LogP contribution is -2.27. The number of anilines is 2. The molecule has 5 aromatic rings. The molecule has 1 unspecified atom stereocenters. The molecular weight excluding hydrogens is 426 g/mol. The summed E-state index contributed by atoms with van der Waals surface area (Å²) in [4.78, 5) is 29.7. The van der Waals surface area contributed by atoms with E-state index in [9.17, 15) is 0 Å². The lowest BCUT2D eigenvalue weighted by Gasteiger charge is -2.20. The largest absolute Gasteiger partial charge is 0.364 e. The van der Waals surface area contributed by atoms with Gasteiger partial charge in [-0.1, -0.05) is 24.3 Å². The second-order valence-electron chi connectivity index (χ2n) is 8.52. The number of imidazole rings is 1. The summed E-state index contributed by atoms with van der Waals surface area (Å²) in [7, 11) is 0. The minimum absolute atomic E-state index is 0.233. The monoisotopic (exact) mass is 451 g/mol. The van der Waals surface area contributed by atoms with Crippen molar-refractivity contribution in [3.05, 3.63) is 61.1 Å². The fourth-order valence-electron chi connectivity index (χ4n) is 4.69. The number of pyridine rings is 1. The molecule has 1 aliphatic heterocycles. The van der Waals surface area contributed by atoms with E-state index in [4.69, 9.17) is 9.97 Å². The second kappa shape index (κ2) is 8.33.